The highest BCUT2D eigenvalue weighted by Crippen LogP contribution is 2.46. The topological polar surface area (TPSA) is 681 Å². The van der Waals surface area contributed by atoms with Crippen LogP contribution in [0.5, 0.6) is 0 Å². The van der Waals surface area contributed by atoms with Crippen LogP contribution in [0.3, 0.4) is 0 Å². The maximum absolute atomic E-state index is 14.2. The van der Waals surface area contributed by atoms with Gasteiger partial charge in [-0.3, -0.25) is 63.1 Å². The van der Waals surface area contributed by atoms with Crippen LogP contribution in [-0.4, -0.2) is 256 Å². The van der Waals surface area contributed by atoms with Gasteiger partial charge in [-0.2, -0.15) is 4.98 Å². The number of nitrogens with two attached hydrogens (primary N) is 2. The third-order valence-electron chi connectivity index (χ3n) is 20.2. The van der Waals surface area contributed by atoms with Gasteiger partial charge in [-0.1, -0.05) is 65.8 Å². The van der Waals surface area contributed by atoms with Crippen LogP contribution in [0, 0.1) is 30.1 Å². The fraction of sp³-hybridized carbons (Fsp3) is 0.513. The van der Waals surface area contributed by atoms with Crippen LogP contribution in [0.1, 0.15) is 133 Å². The highest BCUT2D eigenvalue weighted by molar-refractivity contribution is 8.76. The lowest BCUT2D eigenvalue weighted by Gasteiger charge is -2.33. The number of epoxide rings is 2. The molecule has 46 heteroatoms. The van der Waals surface area contributed by atoms with Crippen molar-refractivity contribution < 1.29 is 130 Å². The maximum Gasteiger partial charge on any atom is 0.508 e. The fourth-order valence-electron chi connectivity index (χ4n) is 13.5. The molecule has 44 nitrogen and oxygen atoms in total. The lowest BCUT2D eigenvalue weighted by molar-refractivity contribution is -0.159. The number of anilines is 2. The summed E-state index contributed by atoms with van der Waals surface area (Å²) in [6, 6.07) is -6.24. The molecule has 8 rings (SSSR count). The second kappa shape index (κ2) is 45.5. The van der Waals surface area contributed by atoms with E-state index < -0.39 is 224 Å². The number of nitrogens with one attached hydrogen (secondary N) is 10. The number of nitrogen functional groups attached to an aromatic ring is 1. The van der Waals surface area contributed by atoms with Crippen LogP contribution in [0.4, 0.5) is 16.4 Å². The predicted molar refractivity (Wildman–Crippen MR) is 438 cm³/mol. The summed E-state index contributed by atoms with van der Waals surface area (Å²) >= 11 is 0. The normalized spacial score (nSPS) is 22.2. The Morgan fingerprint density at radius 3 is 2.02 bits per heavy atom. The average Bonchev–Trinajstić information content (AvgIpc) is 1.59. The highest BCUT2D eigenvalue weighted by atomic mass is 33.1. The second-order valence-corrected chi connectivity index (χ2v) is 32.5. The van der Waals surface area contributed by atoms with Crippen molar-refractivity contribution in [2.45, 2.75) is 203 Å². The third-order valence-corrected chi connectivity index (χ3v) is 22.6. The van der Waals surface area contributed by atoms with E-state index in [1.807, 2.05) is 63.4 Å². The number of methoxy groups -OCH3 is 1. The molecule has 0 saturated carbocycles. The number of hydrogen-bond acceptors (Lipinski definition) is 32. The number of allylic oxidation sites excluding steroid dienone is 4. The van der Waals surface area contributed by atoms with Crippen LogP contribution in [0.15, 0.2) is 87.5 Å². The second-order valence-electron chi connectivity index (χ2n) is 29.9. The molecule has 0 radical (unpaired) electrons. The zero-order valence-electron chi connectivity index (χ0n) is 68.4. The Bertz CT molecular complexity index is 4790. The van der Waals surface area contributed by atoms with Crippen molar-refractivity contribution >= 4 is 140 Å². The number of hydrogen-bond donors (Lipinski definition) is 17. The third kappa shape index (κ3) is 29.9. The molecule has 19 N–H and O–H groups in total. The number of oxazole rings is 1. The highest BCUT2D eigenvalue weighted by Gasteiger charge is 2.60. The van der Waals surface area contributed by atoms with E-state index in [1.54, 1.807) is 19.9 Å². The lowest BCUT2D eigenvalue weighted by atomic mass is 9.84. The zero-order chi connectivity index (χ0) is 90.8. The number of nitrogens with zero attached hydrogens (tertiary/aromatic N) is 4. The molecule has 0 aliphatic carbocycles. The van der Waals surface area contributed by atoms with Crippen molar-refractivity contribution in [1.82, 2.24) is 62.1 Å². The molecule has 6 amide bonds. The molecule has 1 aromatic carbocycles. The number of guanidine groups is 1. The van der Waals surface area contributed by atoms with E-state index in [-0.39, 0.29) is 85.2 Å². The molecule has 0 spiro atoms. The monoisotopic (exact) mass is 1770 g/mol. The van der Waals surface area contributed by atoms with E-state index >= 15 is 0 Å². The molecule has 0 unspecified atom stereocenters. The number of aromatic amines is 1. The fourth-order valence-corrected chi connectivity index (χ4v) is 15.5. The summed E-state index contributed by atoms with van der Waals surface area (Å²) in [5, 5.41) is 75.7. The first-order chi connectivity index (χ1) is 58.7. The molecule has 17 atom stereocenters. The summed E-state index contributed by atoms with van der Waals surface area (Å²) < 4.78 is 47.2. The van der Waals surface area contributed by atoms with Gasteiger partial charge in [-0.25, -0.2) is 34.1 Å². The maximum atomic E-state index is 14.2. The number of carboxylic acid groups (broad SMARTS) is 5. The molecule has 4 aliphatic rings. The molecule has 3 saturated heterocycles. The number of amides is 6. The van der Waals surface area contributed by atoms with Gasteiger partial charge in [0.15, 0.2) is 29.1 Å². The van der Waals surface area contributed by atoms with E-state index in [0.29, 0.717) is 35.8 Å². The van der Waals surface area contributed by atoms with Gasteiger partial charge in [-0.15, -0.1) is 0 Å². The number of aliphatic carboxylic acids is 5. The molecule has 672 valence electrons. The van der Waals surface area contributed by atoms with Crippen molar-refractivity contribution in [2.75, 3.05) is 42.8 Å². The molecule has 4 aromatic rings. The van der Waals surface area contributed by atoms with Crippen molar-refractivity contribution in [2.24, 2.45) is 23.5 Å². The number of esters is 2. The minimum Gasteiger partial charge on any atom is -0.481 e. The zero-order valence-corrected chi connectivity index (χ0v) is 70.0. The minimum absolute atomic E-state index is 0.0248. The predicted octanol–water partition coefficient (Wildman–Crippen LogP) is 1.67. The van der Waals surface area contributed by atoms with Gasteiger partial charge in [0, 0.05) is 74.4 Å². The molecule has 7 heterocycles. The van der Waals surface area contributed by atoms with Crippen molar-refractivity contribution in [3.63, 3.8) is 0 Å². The standard InChI is InChI=1S/C78H100N16O28S2/c1-36(24-44-34-117-40(5)85-44)10-8-11-38(3)63(115-7)39(4)53-31-56(78(6)55(122-78)19-13-37(2)52-25-41(27-61(102)118-52)26-54-64(119-54)74(113)120-53)121-77(114)116-22-23-123-124-35-51(73(111)112)92-70(107)50(30-60(100)101)91-69(106)49(29-59(98)99)90-67(104)46(12-9-21-82-75(79)80)88-68(105)48(28-58(96)97)87-57(95)20-18-47(72(109)110)89-66(103)42-14-16-43(17-15-42)83-32-45-33-84-65-62(86-45)71(108)94-76(81)93-65/h8,10-11,13-17,19,24,33-34,37,39,41,46-56,63-64,83H,9,12,18,20-23,25-32,35H2,1-7H3,(H,87,95)(H,88,105)(H,89,103)(H,90,104)(H,91,106)(H,92,107)(H,96,97)(H,98,99)(H,100,101)(H,109,110)(H,111,112)(H4,79,80,82)(H3,81,84,93,94,108)/b10-8+,19-13+,36-24+,38-11+/t37-,39+,41+,46+,47+,48+,49+,50+,51+,52-,53+,54+,55-,56+,63+,64-,78+/m1/s1. The SMILES string of the molecule is CO[C@@H](/C(C)=C/C=C/C(C)=C/c1coc(C)n1)[C@@H](C)[C@@H]1C[C@H](OC(=O)OCCSSC[C@H](NC(=O)[C@H](CC(=O)O)NC(=O)[C@H](CC(=O)O)NC(=O)[C@H](CCCNC(=N)N)NC(=O)[C@H](CC(=O)O)NC(=O)CC[C@H](NC(=O)c2ccc(NCc3cnc4nc(N)[nH]c(=O)c4n3)cc2)C(=O)O)C(=O)O)[C@@]2(C)O[C@@H]2/C=C/[C@@H](C)[C@H]2C[C@H](CC(=O)O2)C[C@@H]2O[C@H]2C(=O)O1. The van der Waals surface area contributed by atoms with E-state index in [4.69, 9.17) is 54.5 Å². The Morgan fingerprint density at radius 2 is 1.40 bits per heavy atom. The summed E-state index contributed by atoms with van der Waals surface area (Å²) in [6.45, 7) is 10.4. The summed E-state index contributed by atoms with van der Waals surface area (Å²) in [7, 11) is 3.30. The number of fused-ring (bicyclic) bond motifs is 5. The Hall–Kier alpha value is -12.6. The van der Waals surface area contributed by atoms with Crippen LogP contribution >= 0.6 is 21.6 Å². The van der Waals surface area contributed by atoms with Gasteiger partial charge in [0.05, 0.1) is 49.9 Å². The summed E-state index contributed by atoms with van der Waals surface area (Å²) in [5.74, 6) is -18.9. The van der Waals surface area contributed by atoms with E-state index in [9.17, 15) is 97.5 Å². The number of ether oxygens (including phenoxy) is 7. The number of aromatic nitrogens is 5. The van der Waals surface area contributed by atoms with Gasteiger partial charge in [0.25, 0.3) is 11.5 Å². The van der Waals surface area contributed by atoms with Crippen LogP contribution in [0.2, 0.25) is 0 Å². The Balaban J connectivity index is 0.860. The minimum atomic E-state index is -2.22. The van der Waals surface area contributed by atoms with Crippen LogP contribution in [-0.2, 0) is 97.2 Å². The van der Waals surface area contributed by atoms with Crippen molar-refractivity contribution in [3.8, 4) is 0 Å². The first-order valence-corrected chi connectivity index (χ1v) is 41.6. The molecule has 124 heavy (non-hydrogen) atoms. The van der Waals surface area contributed by atoms with Gasteiger partial charge < -0.3 is 117 Å². The van der Waals surface area contributed by atoms with E-state index in [1.165, 1.54) is 43.8 Å². The van der Waals surface area contributed by atoms with Crippen molar-refractivity contribution in [1.29, 1.82) is 5.41 Å². The first kappa shape index (κ1) is 96.9. The van der Waals surface area contributed by atoms with Crippen LogP contribution in [0.25, 0.3) is 17.2 Å². The largest absolute Gasteiger partial charge is 0.508 e. The van der Waals surface area contributed by atoms with Crippen LogP contribution < -0.4 is 59.6 Å². The molecular formula is C78H100N16O28S2. The number of carbonyl (C=O) groups is 14. The molecule has 3 aromatic heterocycles. The van der Waals surface area contributed by atoms with E-state index in [2.05, 4.69) is 62.1 Å². The lowest BCUT2D eigenvalue weighted by Crippen LogP contribution is -2.59. The first-order valence-electron chi connectivity index (χ1n) is 39.1. The number of carboxylic acids is 5. The Labute approximate surface area is 715 Å². The van der Waals surface area contributed by atoms with Gasteiger partial charge in [-0.05, 0) is 100 Å². The quantitative estimate of drug-likeness (QED) is 0.00345. The number of cyclic esters (lactones) is 1. The molecule has 3 fully saturated rings. The summed E-state index contributed by atoms with van der Waals surface area (Å²) in [5.41, 5.74) is 12.1. The molecule has 4 aliphatic heterocycles. The van der Waals surface area contributed by atoms with Crippen molar-refractivity contribution in [3.05, 3.63) is 111 Å². The van der Waals surface area contributed by atoms with Gasteiger partial charge >= 0.3 is 47.9 Å². The summed E-state index contributed by atoms with van der Waals surface area (Å²) in [6.07, 6.45) is 2.41. The Morgan fingerprint density at radius 1 is 0.774 bits per heavy atom. The smallest absolute Gasteiger partial charge is 0.481 e. The van der Waals surface area contributed by atoms with Gasteiger partial charge in [0.1, 0.15) is 84.8 Å². The van der Waals surface area contributed by atoms with E-state index in [0.717, 1.165) is 32.7 Å². The number of rotatable bonds is 43. The number of H-pyrrole nitrogens is 1. The molecule has 2 bridgehead atoms. The number of benzene rings is 1. The number of carbonyl (C=O) groups excluding carboxylic acids is 9. The Kier molecular flexibility index (Phi) is 35.6. The summed E-state index contributed by atoms with van der Waals surface area (Å²) in [4.78, 5) is 216. The van der Waals surface area contributed by atoms with Gasteiger partial charge in [0.2, 0.25) is 35.5 Å². The number of aryl methyl sites for hydroxylation is 1. The molecular weight excluding hydrogens is 1670 g/mol. The average molecular weight is 1770 g/mol.